The zero-order valence-corrected chi connectivity index (χ0v) is 5.74. The van der Waals surface area contributed by atoms with Crippen molar-refractivity contribution in [3.05, 3.63) is 0 Å². The van der Waals surface area contributed by atoms with E-state index in [2.05, 4.69) is 37.1 Å². The second-order valence-electron chi connectivity index (χ2n) is 0.746. The topological polar surface area (TPSA) is 32.3 Å². The molecule has 0 saturated carbocycles. The fourth-order valence-electron chi connectivity index (χ4n) is 0.0478. The predicted octanol–water partition coefficient (Wildman–Crippen LogP) is 0.550. The lowest BCUT2D eigenvalue weighted by molar-refractivity contribution is 0.239. The first-order chi connectivity index (χ1) is 3.18. The minimum atomic E-state index is 0.0818. The van der Waals surface area contributed by atoms with E-state index in [1.807, 2.05) is 0 Å². The molecule has 0 aliphatic carbocycles. The summed E-state index contributed by atoms with van der Waals surface area (Å²) in [6, 6.07) is 0. The van der Waals surface area contributed by atoms with Crippen LogP contribution < -0.4 is 5.48 Å². The number of rotatable bonds is 1. The summed E-state index contributed by atoms with van der Waals surface area (Å²) >= 11 is 12.5. The van der Waals surface area contributed by atoms with E-state index >= 15 is 0 Å². The summed E-state index contributed by atoms with van der Waals surface area (Å²) in [5.41, 5.74) is 1.68. The van der Waals surface area contributed by atoms with E-state index in [1.165, 1.54) is 0 Å². The Kier molecular flexibility index (Phi) is 3.45. The van der Waals surface area contributed by atoms with Crippen molar-refractivity contribution in [2.75, 3.05) is 0 Å². The van der Waals surface area contributed by atoms with Crippen LogP contribution in [0.15, 0.2) is 0 Å². The van der Waals surface area contributed by atoms with E-state index in [0.29, 0.717) is 0 Å². The van der Waals surface area contributed by atoms with Crippen molar-refractivity contribution in [1.82, 2.24) is 5.48 Å². The maximum atomic E-state index is 7.98. The second kappa shape index (κ2) is 3.31. The highest BCUT2D eigenvalue weighted by Crippen LogP contribution is 1.83. The molecule has 0 unspecified atom stereocenters. The lowest BCUT2D eigenvalue weighted by atomic mass is 10.8. The first-order valence-corrected chi connectivity index (χ1v) is 2.62. The fraction of sp³-hybridized carbons (Fsp3) is 0. The summed E-state index contributed by atoms with van der Waals surface area (Å²) in [6.45, 7) is 0. The fourth-order valence-corrected chi connectivity index (χ4v) is 0.143. The number of hydrogen-bond acceptors (Lipinski definition) is 3. The third-order valence-corrected chi connectivity index (χ3v) is 1.30. The van der Waals surface area contributed by atoms with Gasteiger partial charge in [0.05, 0.1) is 0 Å². The molecule has 0 fully saturated rings. The van der Waals surface area contributed by atoms with Crippen molar-refractivity contribution in [2.45, 2.75) is 0 Å². The molecule has 0 atom stereocenters. The molecule has 0 aromatic rings. The van der Waals surface area contributed by atoms with Crippen LogP contribution in [0.25, 0.3) is 0 Å². The molecule has 40 valence electrons. The maximum Gasteiger partial charge on any atom is 0.147 e. The van der Waals surface area contributed by atoms with Gasteiger partial charge in [-0.2, -0.15) is 0 Å². The lowest BCUT2D eigenvalue weighted by Crippen LogP contribution is -2.20. The second-order valence-corrected chi connectivity index (χ2v) is 2.31. The molecule has 0 aliphatic rings. The summed E-state index contributed by atoms with van der Waals surface area (Å²) in [4.78, 5) is 0.0818. The van der Waals surface area contributed by atoms with Crippen molar-refractivity contribution < 1.29 is 5.21 Å². The highest BCUT2D eigenvalue weighted by molar-refractivity contribution is 8.16. The van der Waals surface area contributed by atoms with Crippen LogP contribution in [-0.4, -0.2) is 14.4 Å². The molecule has 2 nitrogen and oxygen atoms in total. The Hall–Kier alpha value is 0.290. The quantitative estimate of drug-likeness (QED) is 0.292. The molecule has 0 saturated heterocycles. The Bertz CT molecular complexity index is 101. The number of nitrogens with one attached hydrogen (secondary N) is 1. The number of thiol groups is 1. The molecule has 0 rings (SSSR count). The Morgan fingerprint density at radius 3 is 2.00 bits per heavy atom. The SMILES string of the molecule is ONC(=S)C(=S)S. The van der Waals surface area contributed by atoms with Gasteiger partial charge in [0.15, 0.2) is 0 Å². The van der Waals surface area contributed by atoms with E-state index in [4.69, 9.17) is 5.21 Å². The van der Waals surface area contributed by atoms with Gasteiger partial charge in [0.25, 0.3) is 0 Å². The lowest BCUT2D eigenvalue weighted by Gasteiger charge is -1.92. The number of thiocarbonyl (C=S) groups is 2. The average Bonchev–Trinajstić information content (AvgIpc) is 1.65. The highest BCUT2D eigenvalue weighted by atomic mass is 32.1. The molecular formula is C2H3NOS3. The van der Waals surface area contributed by atoms with E-state index in [-0.39, 0.29) is 9.19 Å². The molecule has 0 aliphatic heterocycles. The highest BCUT2D eigenvalue weighted by Gasteiger charge is 1.92. The van der Waals surface area contributed by atoms with Gasteiger partial charge < -0.3 is 0 Å². The van der Waals surface area contributed by atoms with Crippen LogP contribution in [0, 0.1) is 0 Å². The molecule has 0 bridgehead atoms. The standard InChI is InChI=1S/C2H3NOS3/c4-3-1(5)2(6)7/h4H,(H,3,5)(H,6,7). The molecule has 2 N–H and O–H groups in total. The summed E-state index contributed by atoms with van der Waals surface area (Å²) in [5, 5.41) is 7.98. The molecule has 0 spiro atoms. The van der Waals surface area contributed by atoms with Gasteiger partial charge in [-0.1, -0.05) is 24.4 Å². The summed E-state index contributed by atoms with van der Waals surface area (Å²) in [6.07, 6.45) is 0. The molecule has 0 amide bonds. The van der Waals surface area contributed by atoms with Crippen LogP contribution >= 0.6 is 37.1 Å². The predicted molar refractivity (Wildman–Crippen MR) is 39.1 cm³/mol. The van der Waals surface area contributed by atoms with E-state index in [0.717, 1.165) is 0 Å². The van der Waals surface area contributed by atoms with Crippen LogP contribution in [0.1, 0.15) is 0 Å². The zero-order chi connectivity index (χ0) is 5.86. The van der Waals surface area contributed by atoms with E-state index in [9.17, 15) is 0 Å². The number of hydroxylamine groups is 1. The molecule has 7 heavy (non-hydrogen) atoms. The smallest absolute Gasteiger partial charge is 0.147 e. The first-order valence-electron chi connectivity index (χ1n) is 1.36. The third-order valence-electron chi connectivity index (χ3n) is 0.296. The molecule has 0 aromatic carbocycles. The van der Waals surface area contributed by atoms with Crippen molar-refractivity contribution in [2.24, 2.45) is 0 Å². The normalized spacial score (nSPS) is 7.71. The van der Waals surface area contributed by atoms with Crippen molar-refractivity contribution in [1.29, 1.82) is 0 Å². The molecule has 0 heterocycles. The third kappa shape index (κ3) is 2.93. The Morgan fingerprint density at radius 2 is 2.00 bits per heavy atom. The van der Waals surface area contributed by atoms with Gasteiger partial charge in [-0.05, 0) is 0 Å². The average molecular weight is 153 g/mol. The van der Waals surface area contributed by atoms with Gasteiger partial charge in [0, 0.05) is 0 Å². The Morgan fingerprint density at radius 1 is 1.57 bits per heavy atom. The van der Waals surface area contributed by atoms with Gasteiger partial charge in [-0.3, -0.25) is 10.7 Å². The van der Waals surface area contributed by atoms with Gasteiger partial charge >= 0.3 is 0 Å². The zero-order valence-electron chi connectivity index (χ0n) is 3.21. The van der Waals surface area contributed by atoms with Gasteiger partial charge in [-0.15, -0.1) is 12.6 Å². The molecule has 0 aromatic heterocycles. The van der Waals surface area contributed by atoms with Crippen LogP contribution in [0.2, 0.25) is 0 Å². The molecule has 5 heteroatoms. The summed E-state index contributed by atoms with van der Waals surface area (Å²) < 4.78 is 0.192. The monoisotopic (exact) mass is 153 g/mol. The van der Waals surface area contributed by atoms with Crippen molar-refractivity contribution in [3.63, 3.8) is 0 Å². The minimum Gasteiger partial charge on any atom is -0.290 e. The van der Waals surface area contributed by atoms with Crippen molar-refractivity contribution >= 4 is 46.2 Å². The minimum absolute atomic E-state index is 0.0818. The Balaban J connectivity index is 3.58. The van der Waals surface area contributed by atoms with Gasteiger partial charge in [0.2, 0.25) is 0 Å². The van der Waals surface area contributed by atoms with E-state index in [1.54, 1.807) is 5.48 Å². The van der Waals surface area contributed by atoms with Gasteiger partial charge in [-0.25, -0.2) is 0 Å². The first kappa shape index (κ1) is 7.29. The van der Waals surface area contributed by atoms with Crippen molar-refractivity contribution in [3.8, 4) is 0 Å². The van der Waals surface area contributed by atoms with Crippen LogP contribution in [0.5, 0.6) is 0 Å². The molecular weight excluding hydrogens is 150 g/mol. The molecule has 0 radical (unpaired) electrons. The summed E-state index contributed by atoms with van der Waals surface area (Å²) in [7, 11) is 0. The van der Waals surface area contributed by atoms with Crippen LogP contribution in [0.3, 0.4) is 0 Å². The number of hydrogen-bond donors (Lipinski definition) is 3. The van der Waals surface area contributed by atoms with Crippen LogP contribution in [0.4, 0.5) is 0 Å². The van der Waals surface area contributed by atoms with Gasteiger partial charge in [0.1, 0.15) is 9.19 Å². The van der Waals surface area contributed by atoms with Crippen LogP contribution in [-0.2, 0) is 0 Å². The summed E-state index contributed by atoms with van der Waals surface area (Å²) in [5.74, 6) is 0. The Labute approximate surface area is 57.3 Å². The van der Waals surface area contributed by atoms with E-state index < -0.39 is 0 Å². The maximum absolute atomic E-state index is 7.98. The largest absolute Gasteiger partial charge is 0.290 e.